The normalized spacial score (nSPS) is 18.3. The lowest BCUT2D eigenvalue weighted by molar-refractivity contribution is -0.117. The molecule has 1 aromatic rings. The average molecular weight is 328 g/mol. The van der Waals surface area contributed by atoms with E-state index < -0.39 is 0 Å². The van der Waals surface area contributed by atoms with Crippen molar-refractivity contribution in [3.05, 3.63) is 16.5 Å². The Hall–Kier alpha value is -1.05. The number of aryl methyl sites for hydroxylation is 1. The Balaban J connectivity index is 2.12. The molecular weight excluding hydrogens is 308 g/mol. The Kier molecular flexibility index (Phi) is 6.08. The first-order valence-electron chi connectivity index (χ1n) is 7.07. The van der Waals surface area contributed by atoms with Crippen molar-refractivity contribution >= 4 is 40.0 Å². The molecule has 2 heterocycles. The van der Waals surface area contributed by atoms with Crippen LogP contribution in [-0.2, 0) is 16.0 Å². The van der Waals surface area contributed by atoms with E-state index in [1.54, 1.807) is 24.8 Å². The number of amides is 1. The summed E-state index contributed by atoms with van der Waals surface area (Å²) in [6.07, 6.45) is 0.824. The summed E-state index contributed by atoms with van der Waals surface area (Å²) in [5.41, 5.74) is 0.454. The van der Waals surface area contributed by atoms with E-state index >= 15 is 0 Å². The summed E-state index contributed by atoms with van der Waals surface area (Å²) in [4.78, 5) is 25.3. The molecule has 0 saturated carbocycles. The number of esters is 1. The molecule has 2 rings (SSSR count). The molecule has 0 spiro atoms. The zero-order valence-corrected chi connectivity index (χ0v) is 13.9. The Morgan fingerprint density at radius 1 is 1.48 bits per heavy atom. The van der Waals surface area contributed by atoms with Gasteiger partial charge in [-0.15, -0.1) is 11.3 Å². The lowest BCUT2D eigenvalue weighted by Crippen LogP contribution is -2.46. The van der Waals surface area contributed by atoms with Crippen LogP contribution in [0.15, 0.2) is 6.07 Å². The molecule has 1 saturated heterocycles. The highest BCUT2D eigenvalue weighted by atomic mass is 32.2. The molecular formula is C14H20N2O3S2. The first kappa shape index (κ1) is 16.3. The van der Waals surface area contributed by atoms with E-state index in [9.17, 15) is 9.59 Å². The van der Waals surface area contributed by atoms with Crippen LogP contribution in [0.25, 0.3) is 0 Å². The van der Waals surface area contributed by atoms with Crippen molar-refractivity contribution in [2.24, 2.45) is 0 Å². The largest absolute Gasteiger partial charge is 0.462 e. The van der Waals surface area contributed by atoms with Crippen LogP contribution in [0.1, 0.15) is 29.1 Å². The van der Waals surface area contributed by atoms with Crippen molar-refractivity contribution in [2.75, 3.05) is 30.0 Å². The van der Waals surface area contributed by atoms with Crippen molar-refractivity contribution in [3.63, 3.8) is 0 Å². The van der Waals surface area contributed by atoms with Crippen molar-refractivity contribution in [1.82, 2.24) is 5.32 Å². The SMILES string of the molecule is CCOC(=O)c1cc(CC)sc1NC(=O)C1CSCCN1. The van der Waals surface area contributed by atoms with E-state index in [4.69, 9.17) is 4.74 Å². The molecule has 2 N–H and O–H groups in total. The Morgan fingerprint density at radius 2 is 2.29 bits per heavy atom. The van der Waals surface area contributed by atoms with Gasteiger partial charge >= 0.3 is 5.97 Å². The number of carbonyl (C=O) groups is 2. The van der Waals surface area contributed by atoms with E-state index in [2.05, 4.69) is 10.6 Å². The van der Waals surface area contributed by atoms with E-state index in [-0.39, 0.29) is 17.9 Å². The maximum absolute atomic E-state index is 12.3. The van der Waals surface area contributed by atoms with Gasteiger partial charge in [0.15, 0.2) is 0 Å². The second kappa shape index (κ2) is 7.82. The smallest absolute Gasteiger partial charge is 0.341 e. The van der Waals surface area contributed by atoms with Gasteiger partial charge in [0.05, 0.1) is 18.2 Å². The monoisotopic (exact) mass is 328 g/mol. The lowest BCUT2D eigenvalue weighted by atomic mass is 10.2. The van der Waals surface area contributed by atoms with Crippen LogP contribution in [0.2, 0.25) is 0 Å². The third-order valence-electron chi connectivity index (χ3n) is 3.10. The van der Waals surface area contributed by atoms with Crippen molar-refractivity contribution < 1.29 is 14.3 Å². The molecule has 1 aliphatic rings. The molecule has 5 nitrogen and oxygen atoms in total. The van der Waals surface area contributed by atoms with Crippen LogP contribution in [0.4, 0.5) is 5.00 Å². The molecule has 1 aliphatic heterocycles. The third kappa shape index (κ3) is 4.21. The number of nitrogens with one attached hydrogen (secondary N) is 2. The summed E-state index contributed by atoms with van der Waals surface area (Å²) >= 11 is 3.20. The number of hydrogen-bond donors (Lipinski definition) is 2. The molecule has 21 heavy (non-hydrogen) atoms. The Morgan fingerprint density at radius 3 is 2.90 bits per heavy atom. The van der Waals surface area contributed by atoms with Gasteiger partial charge in [0.25, 0.3) is 0 Å². The molecule has 116 valence electrons. The van der Waals surface area contributed by atoms with Crippen molar-refractivity contribution in [3.8, 4) is 0 Å². The summed E-state index contributed by atoms with van der Waals surface area (Å²) in [5, 5.41) is 6.66. The number of ether oxygens (including phenoxy) is 1. The quantitative estimate of drug-likeness (QED) is 0.811. The van der Waals surface area contributed by atoms with Gasteiger partial charge < -0.3 is 15.4 Å². The van der Waals surface area contributed by atoms with E-state index in [0.717, 1.165) is 29.3 Å². The van der Waals surface area contributed by atoms with Crippen LogP contribution in [-0.4, -0.2) is 42.6 Å². The summed E-state index contributed by atoms with van der Waals surface area (Å²) in [5.74, 6) is 1.32. The summed E-state index contributed by atoms with van der Waals surface area (Å²) in [7, 11) is 0. The van der Waals surface area contributed by atoms with Gasteiger partial charge in [0, 0.05) is 22.9 Å². The molecule has 0 bridgehead atoms. The molecule has 0 aliphatic carbocycles. The minimum atomic E-state index is -0.380. The summed E-state index contributed by atoms with van der Waals surface area (Å²) in [6.45, 7) is 4.95. The topological polar surface area (TPSA) is 67.4 Å². The predicted molar refractivity (Wildman–Crippen MR) is 87.4 cm³/mol. The highest BCUT2D eigenvalue weighted by molar-refractivity contribution is 7.99. The number of hydrogen-bond acceptors (Lipinski definition) is 6. The molecule has 1 amide bonds. The second-order valence-corrected chi connectivity index (χ2v) is 6.89. The molecule has 1 aromatic heterocycles. The molecule has 7 heteroatoms. The minimum Gasteiger partial charge on any atom is -0.462 e. The second-order valence-electron chi connectivity index (χ2n) is 4.60. The maximum Gasteiger partial charge on any atom is 0.341 e. The van der Waals surface area contributed by atoms with Crippen LogP contribution in [0, 0.1) is 0 Å². The minimum absolute atomic E-state index is 0.0859. The van der Waals surface area contributed by atoms with Gasteiger partial charge in [-0.25, -0.2) is 4.79 Å². The first-order chi connectivity index (χ1) is 10.2. The predicted octanol–water partition coefficient (Wildman–Crippen LogP) is 2.13. The van der Waals surface area contributed by atoms with Gasteiger partial charge in [0.2, 0.25) is 5.91 Å². The van der Waals surface area contributed by atoms with Crippen LogP contribution < -0.4 is 10.6 Å². The highest BCUT2D eigenvalue weighted by Crippen LogP contribution is 2.29. The van der Waals surface area contributed by atoms with Crippen molar-refractivity contribution in [1.29, 1.82) is 0 Å². The van der Waals surface area contributed by atoms with Crippen LogP contribution in [0.3, 0.4) is 0 Å². The van der Waals surface area contributed by atoms with E-state index in [0.29, 0.717) is 17.2 Å². The summed E-state index contributed by atoms with van der Waals surface area (Å²) < 4.78 is 5.05. The maximum atomic E-state index is 12.3. The Labute approximate surface area is 132 Å². The standard InChI is InChI=1S/C14H20N2O3S2/c1-3-9-7-10(14(18)19-4-2)13(21-9)16-12(17)11-8-20-6-5-15-11/h7,11,15H,3-6,8H2,1-2H3,(H,16,17). The molecule has 1 atom stereocenters. The zero-order chi connectivity index (χ0) is 15.2. The number of carbonyl (C=O) groups excluding carboxylic acids is 2. The lowest BCUT2D eigenvalue weighted by Gasteiger charge is -2.22. The van der Waals surface area contributed by atoms with Gasteiger partial charge in [-0.05, 0) is 19.4 Å². The van der Waals surface area contributed by atoms with E-state index in [1.807, 2.05) is 6.92 Å². The average Bonchev–Trinajstić information content (AvgIpc) is 2.91. The number of thioether (sulfide) groups is 1. The van der Waals surface area contributed by atoms with Gasteiger partial charge in [-0.3, -0.25) is 4.79 Å². The number of rotatable bonds is 5. The van der Waals surface area contributed by atoms with Crippen LogP contribution in [0.5, 0.6) is 0 Å². The first-order valence-corrected chi connectivity index (χ1v) is 9.04. The molecule has 0 radical (unpaired) electrons. The van der Waals surface area contributed by atoms with Gasteiger partial charge in [-0.2, -0.15) is 11.8 Å². The summed E-state index contributed by atoms with van der Waals surface area (Å²) in [6, 6.07) is 1.60. The number of thiophene rings is 1. The fourth-order valence-electron chi connectivity index (χ4n) is 2.00. The highest BCUT2D eigenvalue weighted by Gasteiger charge is 2.24. The molecule has 1 unspecified atom stereocenters. The molecule has 1 fully saturated rings. The zero-order valence-electron chi connectivity index (χ0n) is 12.2. The van der Waals surface area contributed by atoms with Gasteiger partial charge in [0.1, 0.15) is 5.00 Å². The molecule has 0 aromatic carbocycles. The van der Waals surface area contributed by atoms with E-state index in [1.165, 1.54) is 11.3 Å². The fraction of sp³-hybridized carbons (Fsp3) is 0.571. The third-order valence-corrected chi connectivity index (χ3v) is 5.36. The van der Waals surface area contributed by atoms with Gasteiger partial charge in [-0.1, -0.05) is 6.92 Å². The van der Waals surface area contributed by atoms with Crippen LogP contribution >= 0.6 is 23.1 Å². The van der Waals surface area contributed by atoms with Crippen molar-refractivity contribution in [2.45, 2.75) is 26.3 Å². The number of anilines is 1. The fourth-order valence-corrected chi connectivity index (χ4v) is 3.92. The Bertz CT molecular complexity index is 510.